The standard InChI is InChI=1S/C20H26N7O11P/c1-8-4-26(20(32)25-17(8)30)14-3-10(11(5-28)36-14)38-39(33,34)35-6-12-9(29)2-13(37-12)27-7-22-15-16(27)23-19(21)24-18(15)31/h4,7,9-14,28-29H,2-3,5-6H2,1H3,(H,33,34)(H,25,30,32)(H3,21,23,24,31). The summed E-state index contributed by atoms with van der Waals surface area (Å²) in [7, 11) is -4.77. The first kappa shape index (κ1) is 27.4. The third-order valence-electron chi connectivity index (χ3n) is 6.45. The van der Waals surface area contributed by atoms with E-state index < -0.39 is 74.7 Å². The van der Waals surface area contributed by atoms with E-state index in [2.05, 4.69) is 19.9 Å². The summed E-state index contributed by atoms with van der Waals surface area (Å²) in [6.07, 6.45) is -3.72. The van der Waals surface area contributed by atoms with Crippen LogP contribution >= 0.6 is 7.82 Å². The Bertz CT molecular complexity index is 1600. The first-order valence-electron chi connectivity index (χ1n) is 11.8. The van der Waals surface area contributed by atoms with E-state index in [1.165, 1.54) is 24.0 Å². The highest BCUT2D eigenvalue weighted by molar-refractivity contribution is 7.47. The number of hydrogen-bond acceptors (Lipinski definition) is 13. The topological polar surface area (TPSA) is 259 Å². The molecule has 0 aliphatic carbocycles. The Morgan fingerprint density at radius 1 is 1.15 bits per heavy atom. The van der Waals surface area contributed by atoms with Crippen molar-refractivity contribution in [2.75, 3.05) is 18.9 Å². The summed E-state index contributed by atoms with van der Waals surface area (Å²) in [5.41, 5.74) is 4.12. The summed E-state index contributed by atoms with van der Waals surface area (Å²) in [4.78, 5) is 58.7. The number of nitrogens with zero attached hydrogens (tertiary/aromatic N) is 4. The predicted octanol–water partition coefficient (Wildman–Crippen LogP) is -2.01. The zero-order chi connectivity index (χ0) is 28.1. The molecule has 0 amide bonds. The largest absolute Gasteiger partial charge is 0.472 e. The van der Waals surface area contributed by atoms with Crippen molar-refractivity contribution >= 4 is 24.9 Å². The Morgan fingerprint density at radius 3 is 2.62 bits per heavy atom. The zero-order valence-corrected chi connectivity index (χ0v) is 21.3. The Morgan fingerprint density at radius 2 is 1.87 bits per heavy atom. The number of aromatic nitrogens is 6. The second-order valence-corrected chi connectivity index (χ2v) is 10.5. The Balaban J connectivity index is 1.23. The highest BCUT2D eigenvalue weighted by atomic mass is 31.2. The number of nitrogens with two attached hydrogens (primary N) is 1. The molecule has 0 spiro atoms. The number of nitrogen functional groups attached to an aromatic ring is 1. The van der Waals surface area contributed by atoms with Crippen LogP contribution in [-0.4, -0.2) is 81.8 Å². The molecule has 3 aromatic heterocycles. The van der Waals surface area contributed by atoms with Gasteiger partial charge in [0.25, 0.3) is 11.1 Å². The number of aliphatic hydroxyl groups excluding tert-OH is 2. The molecule has 18 nitrogen and oxygen atoms in total. The number of aliphatic hydroxyl groups is 2. The molecule has 2 saturated heterocycles. The smallest absolute Gasteiger partial charge is 0.394 e. The van der Waals surface area contributed by atoms with Gasteiger partial charge in [0.1, 0.15) is 30.8 Å². The van der Waals surface area contributed by atoms with Gasteiger partial charge >= 0.3 is 13.5 Å². The van der Waals surface area contributed by atoms with Crippen molar-refractivity contribution in [3.8, 4) is 0 Å². The van der Waals surface area contributed by atoms with Crippen molar-refractivity contribution in [2.45, 2.75) is 56.6 Å². The Hall–Kier alpha value is -3.22. The molecular formula is C20H26N7O11P. The van der Waals surface area contributed by atoms with Gasteiger partial charge in [0, 0.05) is 24.6 Å². The van der Waals surface area contributed by atoms with Gasteiger partial charge in [-0.05, 0) is 6.92 Å². The molecule has 5 heterocycles. The van der Waals surface area contributed by atoms with Gasteiger partial charge in [-0.3, -0.25) is 37.7 Å². The number of rotatable bonds is 8. The van der Waals surface area contributed by atoms with Crippen molar-refractivity contribution < 1.29 is 38.2 Å². The quantitative estimate of drug-likeness (QED) is 0.160. The van der Waals surface area contributed by atoms with E-state index in [1.807, 2.05) is 0 Å². The molecule has 2 fully saturated rings. The van der Waals surface area contributed by atoms with Gasteiger partial charge < -0.3 is 30.3 Å². The number of ether oxygens (including phenoxy) is 2. The van der Waals surface area contributed by atoms with E-state index in [0.717, 1.165) is 4.57 Å². The first-order valence-corrected chi connectivity index (χ1v) is 13.2. The molecule has 0 aromatic carbocycles. The van der Waals surface area contributed by atoms with Gasteiger partial charge in [-0.15, -0.1) is 0 Å². The monoisotopic (exact) mass is 571 g/mol. The highest BCUT2D eigenvalue weighted by Gasteiger charge is 2.43. The normalized spacial score (nSPS) is 28.7. The molecule has 5 rings (SSSR count). The molecule has 39 heavy (non-hydrogen) atoms. The molecule has 7 N–H and O–H groups in total. The highest BCUT2D eigenvalue weighted by Crippen LogP contribution is 2.49. The lowest BCUT2D eigenvalue weighted by molar-refractivity contribution is -0.0564. The number of aromatic amines is 2. The van der Waals surface area contributed by atoms with Gasteiger partial charge in [0.05, 0.1) is 25.6 Å². The van der Waals surface area contributed by atoms with E-state index in [9.17, 15) is 34.1 Å². The molecule has 19 heteroatoms. The van der Waals surface area contributed by atoms with E-state index in [1.54, 1.807) is 0 Å². The lowest BCUT2D eigenvalue weighted by Gasteiger charge is -2.21. The average molecular weight is 571 g/mol. The predicted molar refractivity (Wildman–Crippen MR) is 129 cm³/mol. The SMILES string of the molecule is Cc1cn(C2CC(OP(=O)(O)OCC3OC(n4cnc5c(=O)[nH]c(N)nc54)CC3O)C(CO)O2)c(=O)[nH]c1=O. The minimum atomic E-state index is -4.77. The Labute approximate surface area is 217 Å². The first-order chi connectivity index (χ1) is 18.5. The fourth-order valence-electron chi connectivity index (χ4n) is 4.51. The van der Waals surface area contributed by atoms with Gasteiger partial charge in [0.2, 0.25) is 5.95 Å². The van der Waals surface area contributed by atoms with Crippen molar-refractivity contribution in [1.29, 1.82) is 0 Å². The van der Waals surface area contributed by atoms with Crippen molar-refractivity contribution in [2.24, 2.45) is 0 Å². The van der Waals surface area contributed by atoms with E-state index >= 15 is 0 Å². The summed E-state index contributed by atoms with van der Waals surface area (Å²) in [5.74, 6) is -0.133. The van der Waals surface area contributed by atoms with Crippen molar-refractivity contribution in [3.63, 3.8) is 0 Å². The number of H-pyrrole nitrogens is 2. The minimum Gasteiger partial charge on any atom is -0.394 e. The maximum absolute atomic E-state index is 12.7. The van der Waals surface area contributed by atoms with Crippen LogP contribution in [0.25, 0.3) is 11.2 Å². The summed E-state index contributed by atoms with van der Waals surface area (Å²) in [6.45, 7) is 0.347. The van der Waals surface area contributed by atoms with Crippen LogP contribution in [0.3, 0.4) is 0 Å². The number of fused-ring (bicyclic) bond motifs is 1. The van der Waals surface area contributed by atoms with Gasteiger partial charge in [-0.1, -0.05) is 0 Å². The van der Waals surface area contributed by atoms with Crippen LogP contribution < -0.4 is 22.5 Å². The summed E-state index contributed by atoms with van der Waals surface area (Å²) >= 11 is 0. The maximum Gasteiger partial charge on any atom is 0.472 e. The molecule has 0 radical (unpaired) electrons. The third-order valence-corrected chi connectivity index (χ3v) is 7.46. The number of nitrogens with one attached hydrogen (secondary N) is 2. The average Bonchev–Trinajstić information content (AvgIpc) is 3.56. The number of imidazole rings is 1. The van der Waals surface area contributed by atoms with Crippen LogP contribution in [-0.2, 0) is 23.1 Å². The number of hydrogen-bond donors (Lipinski definition) is 6. The van der Waals surface area contributed by atoms with E-state index in [0.29, 0.717) is 0 Å². The van der Waals surface area contributed by atoms with Crippen LogP contribution in [0.15, 0.2) is 26.9 Å². The molecule has 7 atom stereocenters. The third kappa shape index (κ3) is 5.45. The van der Waals surface area contributed by atoms with Crippen LogP contribution in [0.5, 0.6) is 0 Å². The van der Waals surface area contributed by atoms with E-state index in [-0.39, 0.29) is 35.5 Å². The molecule has 2 aliphatic heterocycles. The number of anilines is 1. The fourth-order valence-corrected chi connectivity index (χ4v) is 5.47. The van der Waals surface area contributed by atoms with Crippen molar-refractivity contribution in [1.82, 2.24) is 29.1 Å². The molecule has 0 bridgehead atoms. The molecule has 212 valence electrons. The fraction of sp³-hybridized carbons (Fsp3) is 0.550. The van der Waals surface area contributed by atoms with Crippen LogP contribution in [0.4, 0.5) is 5.95 Å². The van der Waals surface area contributed by atoms with Crippen LogP contribution in [0, 0.1) is 6.92 Å². The van der Waals surface area contributed by atoms with Gasteiger partial charge in [-0.25, -0.2) is 14.3 Å². The second-order valence-electron chi connectivity index (χ2n) is 9.14. The lowest BCUT2D eigenvalue weighted by atomic mass is 10.2. The number of phosphoric ester groups is 1. The number of phosphoric acid groups is 1. The zero-order valence-electron chi connectivity index (χ0n) is 20.4. The molecule has 7 unspecified atom stereocenters. The molecular weight excluding hydrogens is 545 g/mol. The summed E-state index contributed by atoms with van der Waals surface area (Å²) < 4.78 is 36.8. The van der Waals surface area contributed by atoms with Crippen LogP contribution in [0.1, 0.15) is 30.9 Å². The van der Waals surface area contributed by atoms with Crippen molar-refractivity contribution in [3.05, 3.63) is 49.3 Å². The maximum atomic E-state index is 12.7. The minimum absolute atomic E-state index is 0.0186. The Kier molecular flexibility index (Phi) is 7.29. The van der Waals surface area contributed by atoms with Gasteiger partial charge in [0.15, 0.2) is 11.2 Å². The second kappa shape index (κ2) is 10.4. The van der Waals surface area contributed by atoms with E-state index in [4.69, 9.17) is 24.3 Å². The lowest BCUT2D eigenvalue weighted by Crippen LogP contribution is -2.33. The number of aryl methyl sites for hydroxylation is 1. The molecule has 2 aliphatic rings. The summed E-state index contributed by atoms with van der Waals surface area (Å²) in [5, 5.41) is 20.1. The summed E-state index contributed by atoms with van der Waals surface area (Å²) in [6, 6.07) is 0. The molecule has 0 saturated carbocycles. The molecule has 3 aromatic rings. The van der Waals surface area contributed by atoms with Crippen LogP contribution in [0.2, 0.25) is 0 Å². The van der Waals surface area contributed by atoms with Gasteiger partial charge in [-0.2, -0.15) is 4.98 Å².